The van der Waals surface area contributed by atoms with Crippen molar-refractivity contribution in [2.45, 2.75) is 12.5 Å². The van der Waals surface area contributed by atoms with Crippen molar-refractivity contribution in [1.82, 2.24) is 4.90 Å². The molecule has 34 heavy (non-hydrogen) atoms. The number of fused-ring (bicyclic) bond motifs is 1. The topological polar surface area (TPSA) is 57.2 Å². The molecule has 6 nitrogen and oxygen atoms in total. The molecule has 3 aromatic carbocycles. The third kappa shape index (κ3) is 5.01. The molecule has 1 amide bonds. The Bertz CT molecular complexity index is 1160. The van der Waals surface area contributed by atoms with Crippen LogP contribution in [0.4, 0.5) is 0 Å². The van der Waals surface area contributed by atoms with Crippen molar-refractivity contribution in [3.8, 4) is 23.0 Å². The van der Waals surface area contributed by atoms with E-state index in [0.29, 0.717) is 36.0 Å². The second kappa shape index (κ2) is 10.8. The van der Waals surface area contributed by atoms with E-state index in [1.807, 2.05) is 77.7 Å². The standard InChI is InChI=1S/C28H29NO5/c1-31-24-11-7-8-12-25(24)34-19-23-22-18-27(33-3)26(32-2)17-21(22)15-16-29(23)28(30)14-13-20-9-5-4-6-10-20/h4-14,17-18,23H,15-16,19H2,1-3H3/b14-13+/t23-/m0/s1. The van der Waals surface area contributed by atoms with Crippen LogP contribution in [0.5, 0.6) is 23.0 Å². The van der Waals surface area contributed by atoms with Crippen molar-refractivity contribution in [2.75, 3.05) is 34.5 Å². The molecule has 0 radical (unpaired) electrons. The Morgan fingerprint density at radius 2 is 1.53 bits per heavy atom. The fraction of sp³-hybridized carbons (Fsp3) is 0.250. The highest BCUT2D eigenvalue weighted by Crippen LogP contribution is 2.39. The molecule has 0 aliphatic carbocycles. The van der Waals surface area contributed by atoms with Crippen molar-refractivity contribution in [1.29, 1.82) is 0 Å². The molecule has 4 rings (SSSR count). The van der Waals surface area contributed by atoms with E-state index in [1.54, 1.807) is 27.4 Å². The number of rotatable bonds is 8. The van der Waals surface area contributed by atoms with Gasteiger partial charge in [0, 0.05) is 12.6 Å². The van der Waals surface area contributed by atoms with Gasteiger partial charge in [-0.15, -0.1) is 0 Å². The van der Waals surface area contributed by atoms with E-state index < -0.39 is 0 Å². The summed E-state index contributed by atoms with van der Waals surface area (Å²) in [6.07, 6.45) is 4.17. The third-order valence-electron chi connectivity index (χ3n) is 5.97. The Morgan fingerprint density at radius 1 is 0.882 bits per heavy atom. The second-order valence-electron chi connectivity index (χ2n) is 7.91. The number of amides is 1. The Balaban J connectivity index is 1.66. The number of nitrogens with zero attached hydrogens (tertiary/aromatic N) is 1. The minimum absolute atomic E-state index is 0.0714. The van der Waals surface area contributed by atoms with E-state index in [4.69, 9.17) is 18.9 Å². The summed E-state index contributed by atoms with van der Waals surface area (Å²) < 4.78 is 22.7. The van der Waals surface area contributed by atoms with E-state index in [2.05, 4.69) is 0 Å². The zero-order chi connectivity index (χ0) is 23.9. The number of carbonyl (C=O) groups excluding carboxylic acids is 1. The SMILES string of the molecule is COc1cc2c(cc1OC)[C@H](COc1ccccc1OC)N(C(=O)/C=C/c1ccccc1)CC2. The fourth-order valence-electron chi connectivity index (χ4n) is 4.21. The fourth-order valence-corrected chi connectivity index (χ4v) is 4.21. The van der Waals surface area contributed by atoms with Gasteiger partial charge in [0.2, 0.25) is 5.91 Å². The lowest BCUT2D eigenvalue weighted by Gasteiger charge is -2.37. The molecule has 0 unspecified atom stereocenters. The first-order valence-corrected chi connectivity index (χ1v) is 11.2. The lowest BCUT2D eigenvalue weighted by atomic mass is 9.92. The molecule has 3 aromatic rings. The maximum atomic E-state index is 13.3. The highest BCUT2D eigenvalue weighted by molar-refractivity contribution is 5.92. The van der Waals surface area contributed by atoms with Crippen LogP contribution in [0.15, 0.2) is 72.8 Å². The van der Waals surface area contributed by atoms with E-state index in [-0.39, 0.29) is 18.6 Å². The lowest BCUT2D eigenvalue weighted by Crippen LogP contribution is -2.41. The maximum absolute atomic E-state index is 13.3. The van der Waals surface area contributed by atoms with E-state index in [0.717, 1.165) is 16.7 Å². The Kier molecular flexibility index (Phi) is 7.38. The quantitative estimate of drug-likeness (QED) is 0.447. The van der Waals surface area contributed by atoms with Gasteiger partial charge in [-0.2, -0.15) is 0 Å². The average molecular weight is 460 g/mol. The molecule has 0 saturated carbocycles. The normalized spacial score (nSPS) is 15.0. The molecular weight excluding hydrogens is 430 g/mol. The molecule has 0 fully saturated rings. The molecule has 1 heterocycles. The largest absolute Gasteiger partial charge is 0.493 e. The molecule has 176 valence electrons. The summed E-state index contributed by atoms with van der Waals surface area (Å²) in [4.78, 5) is 15.2. The van der Waals surface area contributed by atoms with Crippen LogP contribution < -0.4 is 18.9 Å². The van der Waals surface area contributed by atoms with Crippen LogP contribution in [-0.2, 0) is 11.2 Å². The zero-order valence-electron chi connectivity index (χ0n) is 19.7. The lowest BCUT2D eigenvalue weighted by molar-refractivity contribution is -0.129. The molecule has 1 atom stereocenters. The number of methoxy groups -OCH3 is 3. The van der Waals surface area contributed by atoms with Gasteiger partial charge < -0.3 is 23.8 Å². The minimum atomic E-state index is -0.304. The van der Waals surface area contributed by atoms with Crippen molar-refractivity contribution in [3.63, 3.8) is 0 Å². The maximum Gasteiger partial charge on any atom is 0.247 e. The summed E-state index contributed by atoms with van der Waals surface area (Å²) in [5.74, 6) is 2.50. The summed E-state index contributed by atoms with van der Waals surface area (Å²) in [5, 5.41) is 0. The van der Waals surface area contributed by atoms with E-state index in [9.17, 15) is 4.79 Å². The Morgan fingerprint density at radius 3 is 2.24 bits per heavy atom. The predicted octanol–water partition coefficient (Wildman–Crippen LogP) is 4.93. The monoisotopic (exact) mass is 459 g/mol. The Labute approximate surface area is 200 Å². The van der Waals surface area contributed by atoms with Gasteiger partial charge in [-0.05, 0) is 53.5 Å². The number of ether oxygens (including phenoxy) is 4. The number of benzene rings is 3. The molecule has 0 aromatic heterocycles. The van der Waals surface area contributed by atoms with Crippen LogP contribution in [-0.4, -0.2) is 45.3 Å². The van der Waals surface area contributed by atoms with E-state index >= 15 is 0 Å². The average Bonchev–Trinajstić information content (AvgIpc) is 2.90. The molecule has 0 bridgehead atoms. The first-order valence-electron chi connectivity index (χ1n) is 11.2. The van der Waals surface area contributed by atoms with Crippen LogP contribution in [0, 0.1) is 0 Å². The molecule has 1 aliphatic heterocycles. The summed E-state index contributed by atoms with van der Waals surface area (Å²) in [7, 11) is 4.85. The van der Waals surface area contributed by atoms with Gasteiger partial charge in [0.15, 0.2) is 23.0 Å². The first-order chi connectivity index (χ1) is 16.6. The highest BCUT2D eigenvalue weighted by Gasteiger charge is 2.32. The van der Waals surface area contributed by atoms with Gasteiger partial charge in [-0.1, -0.05) is 42.5 Å². The molecule has 6 heteroatoms. The van der Waals surface area contributed by atoms with Gasteiger partial charge in [-0.3, -0.25) is 4.79 Å². The summed E-state index contributed by atoms with van der Waals surface area (Å²) in [5.41, 5.74) is 3.07. The third-order valence-corrected chi connectivity index (χ3v) is 5.97. The smallest absolute Gasteiger partial charge is 0.247 e. The molecule has 0 saturated heterocycles. The predicted molar refractivity (Wildman–Crippen MR) is 132 cm³/mol. The second-order valence-corrected chi connectivity index (χ2v) is 7.91. The molecular formula is C28H29NO5. The molecule has 0 spiro atoms. The van der Waals surface area contributed by atoms with Crippen LogP contribution in [0.25, 0.3) is 6.08 Å². The summed E-state index contributed by atoms with van der Waals surface area (Å²) >= 11 is 0. The van der Waals surface area contributed by atoms with Gasteiger partial charge in [0.1, 0.15) is 6.61 Å². The van der Waals surface area contributed by atoms with Crippen molar-refractivity contribution < 1.29 is 23.7 Å². The van der Waals surface area contributed by atoms with Crippen molar-refractivity contribution >= 4 is 12.0 Å². The zero-order valence-corrected chi connectivity index (χ0v) is 19.7. The molecule has 0 N–H and O–H groups in total. The van der Waals surface area contributed by atoms with Gasteiger partial charge in [-0.25, -0.2) is 0 Å². The highest BCUT2D eigenvalue weighted by atomic mass is 16.5. The number of hydrogen-bond donors (Lipinski definition) is 0. The summed E-state index contributed by atoms with van der Waals surface area (Å²) in [6.45, 7) is 0.841. The van der Waals surface area contributed by atoms with Crippen LogP contribution in [0.2, 0.25) is 0 Å². The van der Waals surface area contributed by atoms with Gasteiger partial charge in [0.25, 0.3) is 0 Å². The number of para-hydroxylation sites is 2. The van der Waals surface area contributed by atoms with Crippen molar-refractivity contribution in [2.24, 2.45) is 0 Å². The van der Waals surface area contributed by atoms with Crippen LogP contribution in [0.3, 0.4) is 0 Å². The first kappa shape index (κ1) is 23.2. The van der Waals surface area contributed by atoms with E-state index in [1.165, 1.54) is 0 Å². The van der Waals surface area contributed by atoms with Gasteiger partial charge >= 0.3 is 0 Å². The number of carbonyl (C=O) groups is 1. The summed E-state index contributed by atoms with van der Waals surface area (Å²) in [6, 6.07) is 20.9. The number of hydrogen-bond acceptors (Lipinski definition) is 5. The van der Waals surface area contributed by atoms with Crippen LogP contribution in [0.1, 0.15) is 22.7 Å². The van der Waals surface area contributed by atoms with Gasteiger partial charge in [0.05, 0.1) is 27.4 Å². The van der Waals surface area contributed by atoms with Crippen LogP contribution >= 0.6 is 0 Å². The minimum Gasteiger partial charge on any atom is -0.493 e. The molecule has 1 aliphatic rings. The van der Waals surface area contributed by atoms with Crippen molar-refractivity contribution in [3.05, 3.63) is 89.5 Å². The Hall–Kier alpha value is -3.93.